The second kappa shape index (κ2) is 5.25. The summed E-state index contributed by atoms with van der Waals surface area (Å²) in [4.78, 5) is 0. The highest BCUT2D eigenvalue weighted by atomic mass is 32.2. The van der Waals surface area contributed by atoms with Crippen LogP contribution in [0.3, 0.4) is 0 Å². The van der Waals surface area contributed by atoms with E-state index in [0.717, 1.165) is 13.0 Å². The molecule has 1 heterocycles. The van der Waals surface area contributed by atoms with Gasteiger partial charge in [0.05, 0.1) is 11.9 Å². The predicted octanol–water partition coefficient (Wildman–Crippen LogP) is 1.75. The first-order valence-electron chi connectivity index (χ1n) is 8.06. The lowest BCUT2D eigenvalue weighted by molar-refractivity contribution is -0.132. The molecular weight excluding hydrogens is 274 g/mol. The molecule has 3 fully saturated rings. The molecule has 1 saturated heterocycles. The quantitative estimate of drug-likeness (QED) is 0.840. The van der Waals surface area contributed by atoms with Crippen molar-refractivity contribution in [2.75, 3.05) is 18.1 Å². The molecule has 0 aromatic heterocycles. The second-order valence-corrected chi connectivity index (χ2v) is 9.33. The van der Waals surface area contributed by atoms with E-state index in [1.807, 2.05) is 6.92 Å². The SMILES string of the molecule is CCS(=O)(=O)CC(C)NC1C2CCOC2C12CCCC2. The molecule has 0 radical (unpaired) electrons. The summed E-state index contributed by atoms with van der Waals surface area (Å²) in [6.07, 6.45) is 6.67. The number of sulfone groups is 1. The molecule has 0 bridgehead atoms. The van der Waals surface area contributed by atoms with Gasteiger partial charge in [-0.15, -0.1) is 0 Å². The maximum atomic E-state index is 11.8. The Balaban J connectivity index is 1.67. The average molecular weight is 301 g/mol. The summed E-state index contributed by atoms with van der Waals surface area (Å²) < 4.78 is 29.5. The lowest BCUT2D eigenvalue weighted by Crippen LogP contribution is -2.69. The van der Waals surface area contributed by atoms with Crippen LogP contribution in [-0.4, -0.2) is 44.7 Å². The number of hydrogen-bond acceptors (Lipinski definition) is 4. The molecule has 4 atom stereocenters. The Bertz CT molecular complexity index is 456. The Kier molecular flexibility index (Phi) is 3.89. The molecule has 1 N–H and O–H groups in total. The fraction of sp³-hybridized carbons (Fsp3) is 1.00. The summed E-state index contributed by atoms with van der Waals surface area (Å²) >= 11 is 0. The van der Waals surface area contributed by atoms with Crippen LogP contribution in [0.4, 0.5) is 0 Å². The number of hydrogen-bond donors (Lipinski definition) is 1. The van der Waals surface area contributed by atoms with E-state index in [1.54, 1.807) is 6.92 Å². The van der Waals surface area contributed by atoms with Gasteiger partial charge < -0.3 is 10.1 Å². The van der Waals surface area contributed by atoms with Crippen molar-refractivity contribution in [1.82, 2.24) is 5.32 Å². The predicted molar refractivity (Wildman–Crippen MR) is 79.5 cm³/mol. The first-order valence-corrected chi connectivity index (χ1v) is 9.89. The molecule has 4 nitrogen and oxygen atoms in total. The highest BCUT2D eigenvalue weighted by molar-refractivity contribution is 7.91. The van der Waals surface area contributed by atoms with Crippen LogP contribution in [0.15, 0.2) is 0 Å². The molecule has 1 aliphatic heterocycles. The summed E-state index contributed by atoms with van der Waals surface area (Å²) in [6, 6.07) is 0.517. The Morgan fingerprint density at radius 1 is 1.35 bits per heavy atom. The third-order valence-corrected chi connectivity index (χ3v) is 7.58. The van der Waals surface area contributed by atoms with E-state index in [0.29, 0.717) is 23.5 Å². The van der Waals surface area contributed by atoms with Crippen molar-refractivity contribution in [3.63, 3.8) is 0 Å². The number of nitrogens with one attached hydrogen (secondary N) is 1. The molecule has 116 valence electrons. The Labute approximate surface area is 122 Å². The van der Waals surface area contributed by atoms with Crippen LogP contribution in [0, 0.1) is 11.3 Å². The number of fused-ring (bicyclic) bond motifs is 2. The second-order valence-electron chi connectivity index (χ2n) is 6.93. The van der Waals surface area contributed by atoms with Crippen molar-refractivity contribution in [3.8, 4) is 0 Å². The van der Waals surface area contributed by atoms with Gasteiger partial charge >= 0.3 is 0 Å². The van der Waals surface area contributed by atoms with Gasteiger partial charge in [-0.1, -0.05) is 19.8 Å². The number of rotatable bonds is 5. The fourth-order valence-electron chi connectivity index (χ4n) is 4.80. The minimum absolute atomic E-state index is 0.0453. The van der Waals surface area contributed by atoms with Gasteiger partial charge in [0, 0.05) is 35.8 Å². The molecule has 0 aromatic rings. The normalized spacial score (nSPS) is 36.8. The first kappa shape index (κ1) is 14.8. The third-order valence-electron chi connectivity index (χ3n) is 5.69. The standard InChI is InChI=1S/C15H27NO3S/c1-3-20(17,18)10-11(2)16-13-12-6-9-19-14(12)15(13)7-4-5-8-15/h11-14,16H,3-10H2,1-2H3. The van der Waals surface area contributed by atoms with Gasteiger partial charge in [-0.3, -0.25) is 0 Å². The van der Waals surface area contributed by atoms with Crippen molar-refractivity contribution >= 4 is 9.84 Å². The van der Waals surface area contributed by atoms with E-state index in [4.69, 9.17) is 4.74 Å². The smallest absolute Gasteiger partial charge is 0.151 e. The summed E-state index contributed by atoms with van der Waals surface area (Å²) in [6.45, 7) is 4.63. The molecule has 0 amide bonds. The zero-order chi connectivity index (χ0) is 14.4. The zero-order valence-electron chi connectivity index (χ0n) is 12.6. The van der Waals surface area contributed by atoms with Crippen molar-refractivity contribution in [2.45, 2.75) is 64.1 Å². The fourth-order valence-corrected chi connectivity index (χ4v) is 5.89. The van der Waals surface area contributed by atoms with Gasteiger partial charge in [0.25, 0.3) is 0 Å². The van der Waals surface area contributed by atoms with Gasteiger partial charge in [-0.2, -0.15) is 0 Å². The van der Waals surface area contributed by atoms with Crippen LogP contribution < -0.4 is 5.32 Å². The topological polar surface area (TPSA) is 55.4 Å². The number of ether oxygens (including phenoxy) is 1. The van der Waals surface area contributed by atoms with Crippen molar-refractivity contribution < 1.29 is 13.2 Å². The van der Waals surface area contributed by atoms with E-state index in [-0.39, 0.29) is 17.5 Å². The maximum Gasteiger partial charge on any atom is 0.151 e. The molecule has 3 aliphatic rings. The maximum absolute atomic E-state index is 11.8. The minimum atomic E-state index is -2.90. The zero-order valence-corrected chi connectivity index (χ0v) is 13.4. The van der Waals surface area contributed by atoms with Crippen LogP contribution in [0.5, 0.6) is 0 Å². The average Bonchev–Trinajstić information content (AvgIpc) is 3.03. The summed E-state index contributed by atoms with van der Waals surface area (Å²) in [5.41, 5.74) is 0.311. The van der Waals surface area contributed by atoms with E-state index >= 15 is 0 Å². The summed E-state index contributed by atoms with van der Waals surface area (Å²) in [5.74, 6) is 1.11. The highest BCUT2D eigenvalue weighted by Gasteiger charge is 2.64. The lowest BCUT2D eigenvalue weighted by Gasteiger charge is -2.57. The molecule has 4 unspecified atom stereocenters. The van der Waals surface area contributed by atoms with Gasteiger partial charge in [-0.25, -0.2) is 8.42 Å². The molecule has 5 heteroatoms. The van der Waals surface area contributed by atoms with Crippen molar-refractivity contribution in [3.05, 3.63) is 0 Å². The van der Waals surface area contributed by atoms with Crippen LogP contribution in [0.2, 0.25) is 0 Å². The van der Waals surface area contributed by atoms with Crippen LogP contribution in [-0.2, 0) is 14.6 Å². The third kappa shape index (κ3) is 2.32. The summed E-state index contributed by atoms with van der Waals surface area (Å²) in [7, 11) is -2.90. The van der Waals surface area contributed by atoms with Gasteiger partial charge in [0.1, 0.15) is 0 Å². The minimum Gasteiger partial charge on any atom is -0.377 e. The van der Waals surface area contributed by atoms with Crippen LogP contribution >= 0.6 is 0 Å². The highest BCUT2D eigenvalue weighted by Crippen LogP contribution is 2.60. The molecule has 0 aromatic carbocycles. The molecule has 3 rings (SSSR count). The Morgan fingerprint density at radius 2 is 2.05 bits per heavy atom. The molecule has 20 heavy (non-hydrogen) atoms. The Hall–Kier alpha value is -0.130. The molecule has 2 aliphatic carbocycles. The van der Waals surface area contributed by atoms with Crippen molar-refractivity contribution in [2.24, 2.45) is 11.3 Å². The van der Waals surface area contributed by atoms with E-state index in [2.05, 4.69) is 5.32 Å². The van der Waals surface area contributed by atoms with Gasteiger partial charge in [-0.05, 0) is 26.2 Å². The van der Waals surface area contributed by atoms with Crippen molar-refractivity contribution in [1.29, 1.82) is 0 Å². The monoisotopic (exact) mass is 301 g/mol. The summed E-state index contributed by atoms with van der Waals surface area (Å²) in [5, 5.41) is 3.65. The van der Waals surface area contributed by atoms with Crippen LogP contribution in [0.1, 0.15) is 46.0 Å². The van der Waals surface area contributed by atoms with E-state index in [1.165, 1.54) is 25.7 Å². The molecular formula is C15H27NO3S. The largest absolute Gasteiger partial charge is 0.377 e. The van der Waals surface area contributed by atoms with E-state index in [9.17, 15) is 8.42 Å². The van der Waals surface area contributed by atoms with Gasteiger partial charge in [0.15, 0.2) is 9.84 Å². The van der Waals surface area contributed by atoms with E-state index < -0.39 is 9.84 Å². The van der Waals surface area contributed by atoms with Gasteiger partial charge in [0.2, 0.25) is 0 Å². The lowest BCUT2D eigenvalue weighted by atomic mass is 9.54. The molecule has 2 saturated carbocycles. The molecule has 1 spiro atoms. The first-order chi connectivity index (χ1) is 9.48. The van der Waals surface area contributed by atoms with Crippen LogP contribution in [0.25, 0.3) is 0 Å². The Morgan fingerprint density at radius 3 is 2.70 bits per heavy atom.